The second kappa shape index (κ2) is 5.80. The third kappa shape index (κ3) is 2.80. The molecule has 1 aromatic carbocycles. The zero-order valence-electron chi connectivity index (χ0n) is 15.0. The summed E-state index contributed by atoms with van der Waals surface area (Å²) in [5.41, 5.74) is 3.16. The Morgan fingerprint density at radius 3 is 1.38 bits per heavy atom. The summed E-state index contributed by atoms with van der Waals surface area (Å²) >= 11 is 0. The summed E-state index contributed by atoms with van der Waals surface area (Å²) in [4.78, 5) is 5.28. The number of rotatable bonds is 4. The molecule has 1 aromatic rings. The SMILES string of the molecule is c1cc(C[N+]23CCN(CC2)CC3)cc(C[N+]23CCN(CC2)CC3)c1. The Morgan fingerprint density at radius 2 is 1.00 bits per heavy atom. The fourth-order valence-electron chi connectivity index (χ4n) is 5.54. The van der Waals surface area contributed by atoms with Crippen molar-refractivity contribution in [3.05, 3.63) is 35.4 Å². The summed E-state index contributed by atoms with van der Waals surface area (Å²) in [5.74, 6) is 0. The maximum atomic E-state index is 2.64. The van der Waals surface area contributed by atoms with Crippen LogP contribution in [0.4, 0.5) is 0 Å². The molecule has 0 saturated carbocycles. The highest BCUT2D eigenvalue weighted by Gasteiger charge is 2.39. The van der Waals surface area contributed by atoms with Gasteiger partial charge in [-0.1, -0.05) is 18.2 Å². The molecule has 4 nitrogen and oxygen atoms in total. The van der Waals surface area contributed by atoms with Gasteiger partial charge in [-0.15, -0.1) is 0 Å². The van der Waals surface area contributed by atoms with Crippen LogP contribution in [0.3, 0.4) is 0 Å². The topological polar surface area (TPSA) is 6.48 Å². The molecule has 0 atom stereocenters. The van der Waals surface area contributed by atoms with E-state index in [1.54, 1.807) is 11.1 Å². The van der Waals surface area contributed by atoms with Gasteiger partial charge in [-0.2, -0.15) is 0 Å². The van der Waals surface area contributed by atoms with Crippen molar-refractivity contribution < 1.29 is 8.97 Å². The fraction of sp³-hybridized carbons (Fsp3) is 0.700. The first-order chi connectivity index (χ1) is 11.7. The Bertz CT molecular complexity index is 521. The molecule has 0 spiro atoms. The van der Waals surface area contributed by atoms with Crippen molar-refractivity contribution >= 4 is 0 Å². The summed E-state index contributed by atoms with van der Waals surface area (Å²) in [6.45, 7) is 18.6. The minimum Gasteiger partial charge on any atom is -0.317 e. The average Bonchev–Trinajstić information content (AvgIpc) is 2.64. The molecule has 130 valence electrons. The molecule has 0 unspecified atom stereocenters. The monoisotopic (exact) mass is 328 g/mol. The third-order valence-corrected chi connectivity index (χ3v) is 7.37. The van der Waals surface area contributed by atoms with E-state index in [2.05, 4.69) is 34.1 Å². The normalized spacial score (nSPS) is 40.8. The molecule has 6 aliphatic heterocycles. The molecule has 0 radical (unpaired) electrons. The number of hydrogen-bond donors (Lipinski definition) is 0. The van der Waals surface area contributed by atoms with Crippen LogP contribution in [0.2, 0.25) is 0 Å². The minimum absolute atomic E-state index is 1.26. The molecule has 0 amide bonds. The van der Waals surface area contributed by atoms with Crippen molar-refractivity contribution in [1.29, 1.82) is 0 Å². The predicted octanol–water partition coefficient (Wildman–Crippen LogP) is 0.979. The summed E-state index contributed by atoms with van der Waals surface area (Å²) in [6.07, 6.45) is 0. The van der Waals surface area contributed by atoms with E-state index in [-0.39, 0.29) is 0 Å². The molecule has 6 heterocycles. The Balaban J connectivity index is 1.31. The molecule has 0 N–H and O–H groups in total. The zero-order valence-corrected chi connectivity index (χ0v) is 15.0. The first-order valence-corrected chi connectivity index (χ1v) is 9.96. The molecular weight excluding hydrogens is 296 g/mol. The van der Waals surface area contributed by atoms with Crippen LogP contribution < -0.4 is 0 Å². The lowest BCUT2D eigenvalue weighted by Gasteiger charge is -2.51. The minimum atomic E-state index is 1.26. The highest BCUT2D eigenvalue weighted by molar-refractivity contribution is 5.22. The van der Waals surface area contributed by atoms with Crippen molar-refractivity contribution in [3.8, 4) is 0 Å². The summed E-state index contributed by atoms with van der Waals surface area (Å²) in [7, 11) is 0. The Morgan fingerprint density at radius 1 is 0.625 bits per heavy atom. The lowest BCUT2D eigenvalue weighted by atomic mass is 10.0. The smallest absolute Gasteiger partial charge is 0.104 e. The van der Waals surface area contributed by atoms with E-state index >= 15 is 0 Å². The quantitative estimate of drug-likeness (QED) is 0.760. The van der Waals surface area contributed by atoms with Gasteiger partial charge in [0.15, 0.2) is 0 Å². The first kappa shape index (κ1) is 15.3. The Kier molecular flexibility index (Phi) is 3.71. The van der Waals surface area contributed by atoms with Crippen LogP contribution in [0.25, 0.3) is 0 Å². The van der Waals surface area contributed by atoms with Gasteiger partial charge < -0.3 is 8.97 Å². The van der Waals surface area contributed by atoms with Crippen molar-refractivity contribution in [2.24, 2.45) is 0 Å². The largest absolute Gasteiger partial charge is 0.317 e. The van der Waals surface area contributed by atoms with Crippen molar-refractivity contribution in [2.45, 2.75) is 13.1 Å². The van der Waals surface area contributed by atoms with Crippen LogP contribution in [0.1, 0.15) is 11.1 Å². The number of quaternary nitrogens is 2. The van der Waals surface area contributed by atoms with E-state index in [4.69, 9.17) is 0 Å². The van der Waals surface area contributed by atoms with Gasteiger partial charge in [0.05, 0.1) is 39.3 Å². The van der Waals surface area contributed by atoms with Gasteiger partial charge in [-0.3, -0.25) is 9.80 Å². The molecule has 6 aliphatic rings. The molecule has 0 aromatic heterocycles. The van der Waals surface area contributed by atoms with Crippen molar-refractivity contribution in [3.63, 3.8) is 0 Å². The van der Waals surface area contributed by atoms with Gasteiger partial charge in [-0.25, -0.2) is 0 Å². The molecule has 6 saturated heterocycles. The maximum absolute atomic E-state index is 2.64. The number of benzene rings is 1. The number of nitrogens with zero attached hydrogens (tertiary/aromatic N) is 4. The molecule has 6 fully saturated rings. The van der Waals surface area contributed by atoms with Crippen molar-refractivity contribution in [1.82, 2.24) is 9.80 Å². The summed E-state index contributed by atoms with van der Waals surface area (Å²) < 4.78 is 2.68. The molecule has 7 rings (SSSR count). The lowest BCUT2D eigenvalue weighted by Crippen LogP contribution is -2.66. The standard InChI is InChI=1S/C20H32N4/c1-2-19(17-23-10-4-21(5-11-23)6-12-23)16-20(3-1)18-24-13-7-22(8-14-24)9-15-24/h1-3,16H,4-15,17-18H2/q+2. The highest BCUT2D eigenvalue weighted by Crippen LogP contribution is 2.26. The molecule has 24 heavy (non-hydrogen) atoms. The second-order valence-electron chi connectivity index (χ2n) is 8.84. The molecule has 4 heteroatoms. The number of piperazine rings is 6. The molecule has 4 bridgehead atoms. The fourth-order valence-corrected chi connectivity index (χ4v) is 5.54. The Hall–Kier alpha value is -0.940. The van der Waals surface area contributed by atoms with E-state index in [0.717, 1.165) is 0 Å². The highest BCUT2D eigenvalue weighted by atomic mass is 15.5. The second-order valence-corrected chi connectivity index (χ2v) is 8.84. The third-order valence-electron chi connectivity index (χ3n) is 7.37. The van der Waals surface area contributed by atoms with Gasteiger partial charge in [0.2, 0.25) is 0 Å². The van der Waals surface area contributed by atoms with Gasteiger partial charge in [0.1, 0.15) is 13.1 Å². The summed E-state index contributed by atoms with van der Waals surface area (Å²) in [6, 6.07) is 9.63. The van der Waals surface area contributed by atoms with Crippen LogP contribution in [-0.2, 0) is 13.1 Å². The zero-order chi connectivity index (χ0) is 16.0. The van der Waals surface area contributed by atoms with Crippen LogP contribution in [0.5, 0.6) is 0 Å². The van der Waals surface area contributed by atoms with Crippen LogP contribution >= 0.6 is 0 Å². The maximum Gasteiger partial charge on any atom is 0.104 e. The number of hydrogen-bond acceptors (Lipinski definition) is 2. The van der Waals surface area contributed by atoms with Crippen molar-refractivity contribution in [2.75, 3.05) is 78.5 Å². The lowest BCUT2D eigenvalue weighted by molar-refractivity contribution is -0.953. The van der Waals surface area contributed by atoms with Gasteiger partial charge in [-0.05, 0) is 6.07 Å². The van der Waals surface area contributed by atoms with E-state index < -0.39 is 0 Å². The average molecular weight is 329 g/mol. The van der Waals surface area contributed by atoms with Crippen LogP contribution in [0.15, 0.2) is 24.3 Å². The van der Waals surface area contributed by atoms with E-state index in [9.17, 15) is 0 Å². The first-order valence-electron chi connectivity index (χ1n) is 9.96. The van der Waals surface area contributed by atoms with E-state index in [0.29, 0.717) is 0 Å². The predicted molar refractivity (Wildman–Crippen MR) is 96.5 cm³/mol. The summed E-state index contributed by atoms with van der Waals surface area (Å²) in [5, 5.41) is 0. The van der Waals surface area contributed by atoms with E-state index in [1.807, 2.05) is 0 Å². The van der Waals surface area contributed by atoms with Gasteiger partial charge in [0.25, 0.3) is 0 Å². The van der Waals surface area contributed by atoms with Crippen LogP contribution in [-0.4, -0.2) is 97.3 Å². The molecule has 0 aliphatic carbocycles. The van der Waals surface area contributed by atoms with E-state index in [1.165, 1.54) is 101 Å². The van der Waals surface area contributed by atoms with Gasteiger partial charge in [0, 0.05) is 50.4 Å². The van der Waals surface area contributed by atoms with Crippen LogP contribution in [0, 0.1) is 0 Å². The molecular formula is C20H32N4+2. The Labute approximate surface area is 146 Å². The number of fused-ring (bicyclic) bond motifs is 6. The van der Waals surface area contributed by atoms with Gasteiger partial charge >= 0.3 is 0 Å².